The number of amides is 1. The van der Waals surface area contributed by atoms with Gasteiger partial charge in [-0.1, -0.05) is 6.07 Å². The number of benzene rings is 1. The number of methoxy groups -OCH3 is 1. The molecular weight excluding hydrogens is 327 g/mol. The first kappa shape index (κ1) is 14.5. The first-order valence-electron chi connectivity index (χ1n) is 5.79. The minimum Gasteiger partial charge on any atom is -0.496 e. The fourth-order valence-corrected chi connectivity index (χ4v) is 2.18. The minimum atomic E-state index is -0.642. The predicted octanol–water partition coefficient (Wildman–Crippen LogP) is 3.55. The lowest BCUT2D eigenvalue weighted by molar-refractivity contribution is 0.101. The van der Waals surface area contributed by atoms with Crippen molar-refractivity contribution in [3.63, 3.8) is 0 Å². The average molecular weight is 339 g/mol. The van der Waals surface area contributed by atoms with Crippen LogP contribution in [0.2, 0.25) is 0 Å². The van der Waals surface area contributed by atoms with Gasteiger partial charge in [0.2, 0.25) is 0 Å². The minimum absolute atomic E-state index is 0.140. The molecule has 2 rings (SSSR count). The fraction of sp³-hybridized carbons (Fsp3) is 0.143. The van der Waals surface area contributed by atoms with Crippen molar-refractivity contribution < 1.29 is 13.9 Å². The molecule has 2 aromatic rings. The molecule has 0 fully saturated rings. The summed E-state index contributed by atoms with van der Waals surface area (Å²) < 4.78 is 19.6. The Labute approximate surface area is 124 Å². The lowest BCUT2D eigenvalue weighted by atomic mass is 10.1. The molecule has 1 heterocycles. The molecule has 104 valence electrons. The molecule has 20 heavy (non-hydrogen) atoms. The van der Waals surface area contributed by atoms with Crippen LogP contribution in [0.25, 0.3) is 0 Å². The smallest absolute Gasteiger partial charge is 0.263 e. The van der Waals surface area contributed by atoms with Gasteiger partial charge >= 0.3 is 0 Å². The summed E-state index contributed by atoms with van der Waals surface area (Å²) >= 11 is 3.29. The maximum absolute atomic E-state index is 13.8. The summed E-state index contributed by atoms with van der Waals surface area (Å²) in [6.07, 6.45) is 1.56. The van der Waals surface area contributed by atoms with E-state index in [9.17, 15) is 9.18 Å². The average Bonchev–Trinajstić information content (AvgIpc) is 2.41. The van der Waals surface area contributed by atoms with Gasteiger partial charge in [-0.05, 0) is 46.6 Å². The molecule has 1 amide bonds. The number of aromatic nitrogens is 1. The third kappa shape index (κ3) is 2.96. The van der Waals surface area contributed by atoms with Crippen LogP contribution < -0.4 is 10.1 Å². The summed E-state index contributed by atoms with van der Waals surface area (Å²) in [6.45, 7) is 1.80. The molecule has 0 saturated carbocycles. The van der Waals surface area contributed by atoms with E-state index in [4.69, 9.17) is 4.74 Å². The largest absolute Gasteiger partial charge is 0.496 e. The van der Waals surface area contributed by atoms with Crippen LogP contribution >= 0.6 is 15.9 Å². The van der Waals surface area contributed by atoms with Crippen molar-refractivity contribution in [1.82, 2.24) is 4.98 Å². The second kappa shape index (κ2) is 6.00. The standard InChI is InChI=1S/C14H12BrFN2O2/c1-8-6-9(15)7-17-13(8)18-14(19)12-10(16)4-3-5-11(12)20-2/h3-7H,1-2H3,(H,17,18,19). The lowest BCUT2D eigenvalue weighted by Crippen LogP contribution is -2.16. The number of hydrogen-bond acceptors (Lipinski definition) is 3. The maximum atomic E-state index is 13.8. The molecule has 0 radical (unpaired) electrons. The molecule has 1 aromatic carbocycles. The molecule has 0 atom stereocenters. The topological polar surface area (TPSA) is 51.2 Å². The van der Waals surface area contributed by atoms with Crippen molar-refractivity contribution in [2.75, 3.05) is 12.4 Å². The monoisotopic (exact) mass is 338 g/mol. The van der Waals surface area contributed by atoms with Crippen LogP contribution in [-0.4, -0.2) is 18.0 Å². The summed E-state index contributed by atoms with van der Waals surface area (Å²) in [5.41, 5.74) is 0.627. The van der Waals surface area contributed by atoms with Crippen LogP contribution in [0.5, 0.6) is 5.75 Å². The van der Waals surface area contributed by atoms with Gasteiger partial charge in [-0.3, -0.25) is 4.79 Å². The van der Waals surface area contributed by atoms with Crippen molar-refractivity contribution in [1.29, 1.82) is 0 Å². The Morgan fingerprint density at radius 2 is 2.20 bits per heavy atom. The van der Waals surface area contributed by atoms with Crippen molar-refractivity contribution in [2.45, 2.75) is 6.92 Å². The van der Waals surface area contributed by atoms with E-state index in [-0.39, 0.29) is 11.3 Å². The quantitative estimate of drug-likeness (QED) is 0.930. The molecule has 0 aliphatic rings. The molecule has 0 aliphatic heterocycles. The molecule has 1 N–H and O–H groups in total. The summed E-state index contributed by atoms with van der Waals surface area (Å²) in [5.74, 6) is -0.685. The summed E-state index contributed by atoms with van der Waals surface area (Å²) in [7, 11) is 1.38. The highest BCUT2D eigenvalue weighted by Crippen LogP contribution is 2.23. The van der Waals surface area contributed by atoms with Gasteiger partial charge < -0.3 is 10.1 Å². The van der Waals surface area contributed by atoms with Gasteiger partial charge in [-0.15, -0.1) is 0 Å². The Hall–Kier alpha value is -1.95. The van der Waals surface area contributed by atoms with E-state index in [0.717, 1.165) is 10.0 Å². The maximum Gasteiger partial charge on any atom is 0.263 e. The molecule has 0 spiro atoms. The van der Waals surface area contributed by atoms with E-state index in [1.807, 2.05) is 0 Å². The number of rotatable bonds is 3. The molecule has 0 bridgehead atoms. The Morgan fingerprint density at radius 1 is 1.45 bits per heavy atom. The van der Waals surface area contributed by atoms with E-state index < -0.39 is 11.7 Å². The number of carbonyl (C=O) groups excluding carboxylic acids is 1. The number of anilines is 1. The third-order valence-corrected chi connectivity index (χ3v) is 3.13. The van der Waals surface area contributed by atoms with Gasteiger partial charge in [0.15, 0.2) is 0 Å². The Morgan fingerprint density at radius 3 is 2.85 bits per heavy atom. The lowest BCUT2D eigenvalue weighted by Gasteiger charge is -2.11. The van der Waals surface area contributed by atoms with Gasteiger partial charge in [0.25, 0.3) is 5.91 Å². The molecular formula is C14H12BrFN2O2. The zero-order valence-corrected chi connectivity index (χ0v) is 12.5. The summed E-state index contributed by atoms with van der Waals surface area (Å²) in [5, 5.41) is 2.58. The highest BCUT2D eigenvalue weighted by molar-refractivity contribution is 9.10. The molecule has 0 unspecified atom stereocenters. The number of nitrogens with zero attached hydrogens (tertiary/aromatic N) is 1. The molecule has 0 aliphatic carbocycles. The fourth-order valence-electron chi connectivity index (χ4n) is 1.74. The van der Waals surface area contributed by atoms with Crippen molar-refractivity contribution in [2.24, 2.45) is 0 Å². The summed E-state index contributed by atoms with van der Waals surface area (Å²) in [4.78, 5) is 16.3. The number of halogens is 2. The van der Waals surface area contributed by atoms with E-state index >= 15 is 0 Å². The van der Waals surface area contributed by atoms with Crippen molar-refractivity contribution >= 4 is 27.7 Å². The molecule has 6 heteroatoms. The van der Waals surface area contributed by atoms with Gasteiger partial charge in [-0.25, -0.2) is 9.37 Å². The number of pyridine rings is 1. The molecule has 0 saturated heterocycles. The van der Waals surface area contributed by atoms with Crippen LogP contribution in [0.15, 0.2) is 34.9 Å². The van der Waals surface area contributed by atoms with Crippen LogP contribution in [0.4, 0.5) is 10.2 Å². The molecule has 4 nitrogen and oxygen atoms in total. The van der Waals surface area contributed by atoms with Crippen LogP contribution in [0, 0.1) is 12.7 Å². The number of aryl methyl sites for hydroxylation is 1. The number of hydrogen-bond donors (Lipinski definition) is 1. The first-order valence-corrected chi connectivity index (χ1v) is 6.58. The Kier molecular flexibility index (Phi) is 4.34. The van der Waals surface area contributed by atoms with Gasteiger partial charge in [0, 0.05) is 10.7 Å². The van der Waals surface area contributed by atoms with Gasteiger partial charge in [0.1, 0.15) is 22.9 Å². The van der Waals surface area contributed by atoms with Crippen LogP contribution in [0.1, 0.15) is 15.9 Å². The van der Waals surface area contributed by atoms with E-state index in [1.165, 1.54) is 25.3 Å². The van der Waals surface area contributed by atoms with Gasteiger partial charge in [-0.2, -0.15) is 0 Å². The highest BCUT2D eigenvalue weighted by Gasteiger charge is 2.18. The van der Waals surface area contributed by atoms with E-state index in [1.54, 1.807) is 19.2 Å². The second-order valence-corrected chi connectivity index (χ2v) is 5.01. The number of carbonyl (C=O) groups is 1. The molecule has 1 aromatic heterocycles. The van der Waals surface area contributed by atoms with Crippen LogP contribution in [0.3, 0.4) is 0 Å². The van der Waals surface area contributed by atoms with Gasteiger partial charge in [0.05, 0.1) is 7.11 Å². The van der Waals surface area contributed by atoms with E-state index in [2.05, 4.69) is 26.2 Å². The number of ether oxygens (including phenoxy) is 1. The Bertz CT molecular complexity index is 662. The predicted molar refractivity (Wildman–Crippen MR) is 77.6 cm³/mol. The zero-order chi connectivity index (χ0) is 14.7. The normalized spacial score (nSPS) is 10.2. The highest BCUT2D eigenvalue weighted by atomic mass is 79.9. The Balaban J connectivity index is 2.33. The summed E-state index contributed by atoms with van der Waals surface area (Å²) in [6, 6.07) is 6.02. The SMILES string of the molecule is COc1cccc(F)c1C(=O)Nc1ncc(Br)cc1C. The second-order valence-electron chi connectivity index (χ2n) is 4.09. The first-order chi connectivity index (χ1) is 9.52. The number of nitrogens with one attached hydrogen (secondary N) is 1. The van der Waals surface area contributed by atoms with E-state index in [0.29, 0.717) is 5.82 Å². The van der Waals surface area contributed by atoms with Crippen molar-refractivity contribution in [3.8, 4) is 5.75 Å². The van der Waals surface area contributed by atoms with Crippen molar-refractivity contribution in [3.05, 3.63) is 51.9 Å². The zero-order valence-electron chi connectivity index (χ0n) is 10.9. The van der Waals surface area contributed by atoms with Crippen LogP contribution in [-0.2, 0) is 0 Å². The third-order valence-electron chi connectivity index (χ3n) is 2.70.